The van der Waals surface area contributed by atoms with Crippen LogP contribution in [0.5, 0.6) is 0 Å². The monoisotopic (exact) mass is 324 g/mol. The molecule has 2 rings (SSSR count). The summed E-state index contributed by atoms with van der Waals surface area (Å²) in [6, 6.07) is 6.52. The maximum atomic E-state index is 12.5. The molecule has 1 aromatic rings. The van der Waals surface area contributed by atoms with E-state index in [2.05, 4.69) is 5.32 Å². The summed E-state index contributed by atoms with van der Waals surface area (Å²) < 4.78 is 4.99. The Kier molecular flexibility index (Phi) is 6.21. The molecular weight excluding hydrogens is 304 g/mol. The molecular formula is C16H21ClN2O3. The Morgan fingerprint density at radius 2 is 2.18 bits per heavy atom. The van der Waals surface area contributed by atoms with E-state index >= 15 is 0 Å². The largest absolute Gasteiger partial charge is 0.385 e. The Balaban J connectivity index is 2.12. The highest BCUT2D eigenvalue weighted by Crippen LogP contribution is 2.29. The van der Waals surface area contributed by atoms with Crippen LogP contribution in [0.3, 0.4) is 0 Å². The third-order valence-corrected chi connectivity index (χ3v) is 4.07. The van der Waals surface area contributed by atoms with E-state index in [1.54, 1.807) is 24.1 Å². The quantitative estimate of drug-likeness (QED) is 0.816. The number of piperazine rings is 1. The Morgan fingerprint density at radius 1 is 1.41 bits per heavy atom. The molecule has 0 radical (unpaired) electrons. The molecule has 1 heterocycles. The van der Waals surface area contributed by atoms with Gasteiger partial charge < -0.3 is 15.0 Å². The van der Waals surface area contributed by atoms with Crippen LogP contribution < -0.4 is 5.32 Å². The van der Waals surface area contributed by atoms with Crippen molar-refractivity contribution in [1.29, 1.82) is 0 Å². The Labute approximate surface area is 135 Å². The molecule has 1 saturated heterocycles. The molecule has 6 heteroatoms. The molecule has 0 unspecified atom stereocenters. The fourth-order valence-corrected chi connectivity index (χ4v) is 2.85. The van der Waals surface area contributed by atoms with E-state index in [-0.39, 0.29) is 11.8 Å². The first-order valence-electron chi connectivity index (χ1n) is 7.45. The highest BCUT2D eigenvalue weighted by molar-refractivity contribution is 6.31. The third-order valence-electron chi connectivity index (χ3n) is 3.72. The van der Waals surface area contributed by atoms with Gasteiger partial charge in [-0.1, -0.05) is 29.8 Å². The number of unbranched alkanes of at least 4 members (excludes halogenated alkanes) is 1. The van der Waals surface area contributed by atoms with Crippen molar-refractivity contribution in [3.05, 3.63) is 34.9 Å². The van der Waals surface area contributed by atoms with Gasteiger partial charge >= 0.3 is 0 Å². The summed E-state index contributed by atoms with van der Waals surface area (Å²) in [5.74, 6) is -0.194. The normalized spacial score (nSPS) is 18.2. The van der Waals surface area contributed by atoms with Crippen molar-refractivity contribution < 1.29 is 14.3 Å². The van der Waals surface area contributed by atoms with Gasteiger partial charge in [-0.2, -0.15) is 0 Å². The second-order valence-electron chi connectivity index (χ2n) is 5.25. The molecule has 1 atom stereocenters. The van der Waals surface area contributed by atoms with Gasteiger partial charge in [0.15, 0.2) is 0 Å². The number of hydrogen-bond donors (Lipinski definition) is 1. The minimum absolute atomic E-state index is 0.0177. The van der Waals surface area contributed by atoms with Gasteiger partial charge in [0.25, 0.3) is 0 Å². The van der Waals surface area contributed by atoms with Crippen molar-refractivity contribution in [3.63, 3.8) is 0 Å². The van der Waals surface area contributed by atoms with Crippen LogP contribution in [-0.2, 0) is 14.3 Å². The Morgan fingerprint density at radius 3 is 2.91 bits per heavy atom. The van der Waals surface area contributed by atoms with Crippen molar-refractivity contribution >= 4 is 23.4 Å². The molecule has 0 spiro atoms. The van der Waals surface area contributed by atoms with E-state index in [1.165, 1.54) is 0 Å². The smallest absolute Gasteiger partial charge is 0.247 e. The van der Waals surface area contributed by atoms with E-state index in [4.69, 9.17) is 16.3 Å². The van der Waals surface area contributed by atoms with Crippen LogP contribution in [0, 0.1) is 0 Å². The molecule has 22 heavy (non-hydrogen) atoms. The summed E-state index contributed by atoms with van der Waals surface area (Å²) in [5, 5.41) is 3.31. The number of methoxy groups -OCH3 is 1. The number of rotatable bonds is 6. The zero-order valence-corrected chi connectivity index (χ0v) is 13.4. The SMILES string of the molecule is COCCCCC(=O)N1CCNC(=O)[C@H]1c1ccccc1Cl. The lowest BCUT2D eigenvalue weighted by Crippen LogP contribution is -2.52. The third kappa shape index (κ3) is 3.99. The minimum atomic E-state index is -0.641. The maximum absolute atomic E-state index is 12.5. The van der Waals surface area contributed by atoms with Gasteiger partial charge in [0, 0.05) is 43.8 Å². The number of amides is 2. The number of nitrogens with one attached hydrogen (secondary N) is 1. The predicted octanol–water partition coefficient (Wildman–Crippen LogP) is 2.16. The van der Waals surface area contributed by atoms with E-state index < -0.39 is 6.04 Å². The van der Waals surface area contributed by atoms with Crippen molar-refractivity contribution in [1.82, 2.24) is 10.2 Å². The van der Waals surface area contributed by atoms with Crippen molar-refractivity contribution in [2.24, 2.45) is 0 Å². The fourth-order valence-electron chi connectivity index (χ4n) is 2.61. The topological polar surface area (TPSA) is 58.6 Å². The number of ether oxygens (including phenoxy) is 1. The lowest BCUT2D eigenvalue weighted by atomic mass is 10.0. The average molecular weight is 325 g/mol. The van der Waals surface area contributed by atoms with E-state index in [0.29, 0.717) is 36.7 Å². The molecule has 1 N–H and O–H groups in total. The minimum Gasteiger partial charge on any atom is -0.385 e. The molecule has 5 nitrogen and oxygen atoms in total. The molecule has 120 valence electrons. The molecule has 0 aromatic heterocycles. The second-order valence-corrected chi connectivity index (χ2v) is 5.66. The molecule has 1 aliphatic rings. The zero-order valence-electron chi connectivity index (χ0n) is 12.7. The molecule has 2 amide bonds. The van der Waals surface area contributed by atoms with Gasteiger partial charge in [-0.05, 0) is 18.9 Å². The Bertz CT molecular complexity index is 536. The van der Waals surface area contributed by atoms with Crippen molar-refractivity contribution in [2.45, 2.75) is 25.3 Å². The lowest BCUT2D eigenvalue weighted by Gasteiger charge is -2.35. The average Bonchev–Trinajstić information content (AvgIpc) is 2.52. The van der Waals surface area contributed by atoms with E-state index in [9.17, 15) is 9.59 Å². The number of carbonyl (C=O) groups is 2. The molecule has 1 fully saturated rings. The molecule has 0 bridgehead atoms. The predicted molar refractivity (Wildman–Crippen MR) is 84.6 cm³/mol. The summed E-state index contributed by atoms with van der Waals surface area (Å²) in [7, 11) is 1.64. The van der Waals surface area contributed by atoms with Crippen LogP contribution in [0.1, 0.15) is 30.9 Å². The number of halogens is 1. The van der Waals surface area contributed by atoms with Gasteiger partial charge in [-0.25, -0.2) is 0 Å². The summed E-state index contributed by atoms with van der Waals surface area (Å²) in [5.41, 5.74) is 0.673. The molecule has 0 aliphatic carbocycles. The highest BCUT2D eigenvalue weighted by atomic mass is 35.5. The van der Waals surface area contributed by atoms with Gasteiger partial charge in [-0.3, -0.25) is 9.59 Å². The van der Waals surface area contributed by atoms with Crippen LogP contribution in [-0.4, -0.2) is 43.5 Å². The van der Waals surface area contributed by atoms with Crippen LogP contribution in [0.25, 0.3) is 0 Å². The first-order chi connectivity index (χ1) is 10.6. The lowest BCUT2D eigenvalue weighted by molar-refractivity contribution is -0.143. The van der Waals surface area contributed by atoms with E-state index in [1.807, 2.05) is 12.1 Å². The van der Waals surface area contributed by atoms with Crippen molar-refractivity contribution in [3.8, 4) is 0 Å². The van der Waals surface area contributed by atoms with Gasteiger partial charge in [0.05, 0.1) is 0 Å². The summed E-state index contributed by atoms with van der Waals surface area (Å²) >= 11 is 6.20. The van der Waals surface area contributed by atoms with Crippen LogP contribution in [0.4, 0.5) is 0 Å². The number of hydrogen-bond acceptors (Lipinski definition) is 3. The highest BCUT2D eigenvalue weighted by Gasteiger charge is 2.34. The first-order valence-corrected chi connectivity index (χ1v) is 7.83. The van der Waals surface area contributed by atoms with Gasteiger partial charge in [0.1, 0.15) is 6.04 Å². The van der Waals surface area contributed by atoms with Crippen LogP contribution >= 0.6 is 11.6 Å². The maximum Gasteiger partial charge on any atom is 0.247 e. The number of nitrogens with zero attached hydrogens (tertiary/aromatic N) is 1. The fraction of sp³-hybridized carbons (Fsp3) is 0.500. The zero-order chi connectivity index (χ0) is 15.9. The summed E-state index contributed by atoms with van der Waals surface area (Å²) in [4.78, 5) is 26.4. The second kappa shape index (κ2) is 8.15. The molecule has 1 aromatic carbocycles. The van der Waals surface area contributed by atoms with Crippen LogP contribution in [0.2, 0.25) is 5.02 Å². The van der Waals surface area contributed by atoms with Crippen molar-refractivity contribution in [2.75, 3.05) is 26.8 Å². The summed E-state index contributed by atoms with van der Waals surface area (Å²) in [6.45, 7) is 1.62. The number of benzene rings is 1. The van der Waals surface area contributed by atoms with E-state index in [0.717, 1.165) is 12.8 Å². The first kappa shape index (κ1) is 16.8. The van der Waals surface area contributed by atoms with Crippen LogP contribution in [0.15, 0.2) is 24.3 Å². The Hall–Kier alpha value is -1.59. The number of carbonyl (C=O) groups excluding carboxylic acids is 2. The molecule has 0 saturated carbocycles. The summed E-state index contributed by atoms with van der Waals surface area (Å²) in [6.07, 6.45) is 2.00. The molecule has 1 aliphatic heterocycles. The van der Waals surface area contributed by atoms with Gasteiger partial charge in [-0.15, -0.1) is 0 Å². The van der Waals surface area contributed by atoms with Gasteiger partial charge in [0.2, 0.25) is 11.8 Å². The standard InChI is InChI=1S/C16H21ClN2O3/c1-22-11-5-4-8-14(20)19-10-9-18-16(21)15(19)12-6-2-3-7-13(12)17/h2-3,6-7,15H,4-5,8-11H2,1H3,(H,18,21)/t15-/m1/s1.